The van der Waals surface area contributed by atoms with Crippen LogP contribution in [0.1, 0.15) is 0 Å². The van der Waals surface area contributed by atoms with E-state index in [-0.39, 0.29) is 0 Å². The lowest BCUT2D eigenvalue weighted by molar-refractivity contribution is 0.398. The van der Waals surface area contributed by atoms with E-state index >= 15 is 0 Å². The summed E-state index contributed by atoms with van der Waals surface area (Å²) in [5.74, 6) is 0.375. The highest BCUT2D eigenvalue weighted by molar-refractivity contribution is 6.36. The SMILES string of the molecule is COc1nccc(-c2cc(Cl)cc(Cl)c2)c1Cl. The number of aromatic nitrogens is 1. The van der Waals surface area contributed by atoms with E-state index in [0.29, 0.717) is 20.9 Å². The Balaban J connectivity index is 2.60. The van der Waals surface area contributed by atoms with E-state index < -0.39 is 0 Å². The Bertz CT molecular complexity index is 537. The van der Waals surface area contributed by atoms with Crippen LogP contribution in [0.15, 0.2) is 30.5 Å². The van der Waals surface area contributed by atoms with Gasteiger partial charge in [0.2, 0.25) is 5.88 Å². The molecule has 1 heterocycles. The molecule has 0 aliphatic rings. The van der Waals surface area contributed by atoms with Gasteiger partial charge in [0.25, 0.3) is 0 Å². The Labute approximate surface area is 114 Å². The number of nitrogens with zero attached hydrogens (tertiary/aromatic N) is 1. The minimum absolute atomic E-state index is 0.375. The van der Waals surface area contributed by atoms with Crippen LogP contribution >= 0.6 is 34.8 Å². The number of halogens is 3. The van der Waals surface area contributed by atoms with Crippen LogP contribution in [0, 0.1) is 0 Å². The fourth-order valence-corrected chi connectivity index (χ4v) is 2.32. The highest BCUT2D eigenvalue weighted by Crippen LogP contribution is 2.35. The van der Waals surface area contributed by atoms with Gasteiger partial charge in [-0.15, -0.1) is 0 Å². The van der Waals surface area contributed by atoms with Crippen molar-refractivity contribution in [1.82, 2.24) is 4.98 Å². The molecule has 0 atom stereocenters. The van der Waals surface area contributed by atoms with Gasteiger partial charge in [0.15, 0.2) is 0 Å². The van der Waals surface area contributed by atoms with E-state index in [4.69, 9.17) is 39.5 Å². The molecule has 0 aliphatic carbocycles. The third-order valence-corrected chi connectivity index (χ3v) is 3.03. The molecule has 0 saturated carbocycles. The molecule has 2 aromatic rings. The zero-order valence-corrected chi connectivity index (χ0v) is 11.1. The van der Waals surface area contributed by atoms with Crippen molar-refractivity contribution in [2.24, 2.45) is 0 Å². The summed E-state index contributed by atoms with van der Waals surface area (Å²) in [6, 6.07) is 7.02. The third-order valence-electron chi connectivity index (χ3n) is 2.22. The van der Waals surface area contributed by atoms with E-state index in [2.05, 4.69) is 4.98 Å². The molecular weight excluding hydrogens is 280 g/mol. The molecule has 0 radical (unpaired) electrons. The second-order valence-corrected chi connectivity index (χ2v) is 4.59. The van der Waals surface area contributed by atoms with Crippen LogP contribution in [0.25, 0.3) is 11.1 Å². The Kier molecular flexibility index (Phi) is 3.77. The van der Waals surface area contributed by atoms with Crippen LogP contribution in [0.5, 0.6) is 5.88 Å². The predicted octanol–water partition coefficient (Wildman–Crippen LogP) is 4.72. The van der Waals surface area contributed by atoms with Crippen molar-refractivity contribution >= 4 is 34.8 Å². The molecule has 17 heavy (non-hydrogen) atoms. The molecule has 0 saturated heterocycles. The Morgan fingerprint density at radius 1 is 1.06 bits per heavy atom. The van der Waals surface area contributed by atoms with Gasteiger partial charge in [-0.25, -0.2) is 4.98 Å². The summed E-state index contributed by atoms with van der Waals surface area (Å²) in [6.07, 6.45) is 1.62. The van der Waals surface area contributed by atoms with Gasteiger partial charge in [-0.1, -0.05) is 34.8 Å². The quantitative estimate of drug-likeness (QED) is 0.798. The lowest BCUT2D eigenvalue weighted by Gasteiger charge is -2.08. The molecule has 0 spiro atoms. The van der Waals surface area contributed by atoms with Gasteiger partial charge in [0, 0.05) is 21.8 Å². The Morgan fingerprint density at radius 2 is 1.71 bits per heavy atom. The standard InChI is InChI=1S/C12H8Cl3NO/c1-17-12-11(15)10(2-3-16-12)7-4-8(13)6-9(14)5-7/h2-6H,1H3. The first-order valence-corrected chi connectivity index (χ1v) is 5.90. The average Bonchev–Trinajstić information content (AvgIpc) is 2.28. The van der Waals surface area contributed by atoms with Crippen molar-refractivity contribution < 1.29 is 4.74 Å². The molecule has 0 unspecified atom stereocenters. The van der Waals surface area contributed by atoms with Crippen LogP contribution in [0.2, 0.25) is 15.1 Å². The maximum absolute atomic E-state index is 6.17. The van der Waals surface area contributed by atoms with Crippen molar-refractivity contribution in [3.63, 3.8) is 0 Å². The van der Waals surface area contributed by atoms with Crippen LogP contribution in [0.3, 0.4) is 0 Å². The zero-order valence-electron chi connectivity index (χ0n) is 8.88. The van der Waals surface area contributed by atoms with Crippen molar-refractivity contribution in [1.29, 1.82) is 0 Å². The van der Waals surface area contributed by atoms with Crippen LogP contribution < -0.4 is 4.74 Å². The minimum Gasteiger partial charge on any atom is -0.480 e. The second kappa shape index (κ2) is 5.13. The van der Waals surface area contributed by atoms with Gasteiger partial charge < -0.3 is 4.74 Å². The number of rotatable bonds is 2. The van der Waals surface area contributed by atoms with Crippen molar-refractivity contribution in [2.75, 3.05) is 7.11 Å². The summed E-state index contributed by atoms with van der Waals surface area (Å²) >= 11 is 18.1. The largest absolute Gasteiger partial charge is 0.480 e. The van der Waals surface area contributed by atoms with Crippen molar-refractivity contribution in [3.05, 3.63) is 45.5 Å². The fraction of sp³-hybridized carbons (Fsp3) is 0.0833. The molecule has 0 N–H and O–H groups in total. The molecule has 0 amide bonds. The Hall–Kier alpha value is -0.960. The molecule has 88 valence electrons. The summed E-state index contributed by atoms with van der Waals surface area (Å²) in [6.45, 7) is 0. The maximum Gasteiger partial charge on any atom is 0.232 e. The molecule has 5 heteroatoms. The van der Waals surface area contributed by atoms with E-state index in [9.17, 15) is 0 Å². The molecule has 2 nitrogen and oxygen atoms in total. The molecule has 0 aliphatic heterocycles. The first-order valence-electron chi connectivity index (χ1n) is 4.77. The highest BCUT2D eigenvalue weighted by atomic mass is 35.5. The first kappa shape index (κ1) is 12.5. The summed E-state index contributed by atoms with van der Waals surface area (Å²) < 4.78 is 5.06. The summed E-state index contributed by atoms with van der Waals surface area (Å²) in [5.41, 5.74) is 1.61. The maximum atomic E-state index is 6.17. The molecular formula is C12H8Cl3NO. The van der Waals surface area contributed by atoms with Crippen LogP contribution in [0.4, 0.5) is 0 Å². The van der Waals surface area contributed by atoms with E-state index in [1.165, 1.54) is 7.11 Å². The summed E-state index contributed by atoms with van der Waals surface area (Å²) in [5, 5.41) is 1.55. The van der Waals surface area contributed by atoms with Crippen molar-refractivity contribution in [3.8, 4) is 17.0 Å². The number of hydrogen-bond donors (Lipinski definition) is 0. The van der Waals surface area contributed by atoms with Crippen LogP contribution in [-0.4, -0.2) is 12.1 Å². The number of ether oxygens (including phenoxy) is 1. The number of benzene rings is 1. The van der Waals surface area contributed by atoms with Gasteiger partial charge in [-0.3, -0.25) is 0 Å². The van der Waals surface area contributed by atoms with E-state index in [1.54, 1.807) is 30.5 Å². The van der Waals surface area contributed by atoms with E-state index in [0.717, 1.165) is 11.1 Å². The van der Waals surface area contributed by atoms with Gasteiger partial charge in [0.05, 0.1) is 7.11 Å². The second-order valence-electron chi connectivity index (χ2n) is 3.34. The van der Waals surface area contributed by atoms with Gasteiger partial charge in [-0.05, 0) is 29.8 Å². The topological polar surface area (TPSA) is 22.1 Å². The monoisotopic (exact) mass is 287 g/mol. The van der Waals surface area contributed by atoms with Gasteiger partial charge in [-0.2, -0.15) is 0 Å². The van der Waals surface area contributed by atoms with Crippen molar-refractivity contribution in [2.45, 2.75) is 0 Å². The van der Waals surface area contributed by atoms with Gasteiger partial charge >= 0.3 is 0 Å². The van der Waals surface area contributed by atoms with Crippen LogP contribution in [-0.2, 0) is 0 Å². The lowest BCUT2D eigenvalue weighted by atomic mass is 10.1. The smallest absolute Gasteiger partial charge is 0.232 e. The fourth-order valence-electron chi connectivity index (χ4n) is 1.50. The molecule has 0 bridgehead atoms. The highest BCUT2D eigenvalue weighted by Gasteiger charge is 2.10. The van der Waals surface area contributed by atoms with E-state index in [1.807, 2.05) is 0 Å². The zero-order chi connectivity index (χ0) is 12.4. The first-order chi connectivity index (χ1) is 8.11. The summed E-state index contributed by atoms with van der Waals surface area (Å²) in [7, 11) is 1.52. The molecule has 0 fully saturated rings. The number of pyridine rings is 1. The predicted molar refractivity (Wildman–Crippen MR) is 71.3 cm³/mol. The Morgan fingerprint density at radius 3 is 2.29 bits per heavy atom. The molecule has 1 aromatic carbocycles. The third kappa shape index (κ3) is 2.65. The number of hydrogen-bond acceptors (Lipinski definition) is 2. The van der Waals surface area contributed by atoms with Gasteiger partial charge in [0.1, 0.15) is 5.02 Å². The molecule has 2 rings (SSSR count). The average molecular weight is 289 g/mol. The summed E-state index contributed by atoms with van der Waals surface area (Å²) in [4.78, 5) is 4.01. The minimum atomic E-state index is 0.375. The molecule has 1 aromatic heterocycles. The number of methoxy groups -OCH3 is 1. The lowest BCUT2D eigenvalue weighted by Crippen LogP contribution is -1.90. The normalized spacial score (nSPS) is 10.4.